The summed E-state index contributed by atoms with van der Waals surface area (Å²) in [4.78, 5) is 16.0. The number of carbonyl (C=O) groups is 1. The number of aryl methyl sites for hydroxylation is 1. The molecule has 0 aliphatic carbocycles. The van der Waals surface area contributed by atoms with E-state index in [1.807, 2.05) is 73.8 Å². The molecule has 3 aromatic carbocycles. The van der Waals surface area contributed by atoms with Gasteiger partial charge in [0.15, 0.2) is 11.5 Å². The van der Waals surface area contributed by atoms with Gasteiger partial charge in [-0.05, 0) is 36.8 Å². The lowest BCUT2D eigenvalue weighted by atomic mass is 9.89. The van der Waals surface area contributed by atoms with Crippen molar-refractivity contribution in [1.29, 1.82) is 0 Å². The topological polar surface area (TPSA) is 72.6 Å². The molecule has 2 N–H and O–H groups in total. The van der Waals surface area contributed by atoms with E-state index in [1.54, 1.807) is 14.2 Å². The maximum Gasteiger partial charge on any atom is 0.223 e. The van der Waals surface area contributed by atoms with Crippen LogP contribution in [0.25, 0.3) is 10.9 Å². The molecule has 1 unspecified atom stereocenters. The summed E-state index contributed by atoms with van der Waals surface area (Å²) in [5.74, 6) is 1.87. The van der Waals surface area contributed by atoms with E-state index in [0.29, 0.717) is 24.7 Å². The van der Waals surface area contributed by atoms with E-state index in [9.17, 15) is 4.79 Å². The van der Waals surface area contributed by atoms with Crippen molar-refractivity contribution in [2.45, 2.75) is 19.3 Å². The van der Waals surface area contributed by atoms with Gasteiger partial charge in [0.1, 0.15) is 5.75 Å². The molecule has 0 bridgehead atoms. The average Bonchev–Trinajstić information content (AvgIpc) is 3.29. The summed E-state index contributed by atoms with van der Waals surface area (Å²) in [6, 6.07) is 21.8. The van der Waals surface area contributed by atoms with Crippen LogP contribution >= 0.6 is 0 Å². The van der Waals surface area contributed by atoms with Crippen LogP contribution in [0.2, 0.25) is 0 Å². The lowest BCUT2D eigenvalue weighted by molar-refractivity contribution is -0.121. The summed E-state index contributed by atoms with van der Waals surface area (Å²) in [5.41, 5.74) is 4.24. The first-order valence-electron chi connectivity index (χ1n) is 11.3. The van der Waals surface area contributed by atoms with Gasteiger partial charge in [0.2, 0.25) is 5.91 Å². The van der Waals surface area contributed by atoms with E-state index in [-0.39, 0.29) is 18.2 Å². The Balaban J connectivity index is 1.52. The molecular formula is C28H30N2O4. The van der Waals surface area contributed by atoms with Gasteiger partial charge < -0.3 is 24.5 Å². The van der Waals surface area contributed by atoms with Gasteiger partial charge in [0.25, 0.3) is 0 Å². The standard InChI is InChI=1S/C28H30N2O4/c1-19-11-13-20(14-12-19)34-16-15-27(31)30-18-24(22-8-6-10-26(32-2)28(22)33-3)23-17-29-25-9-5-4-7-21(23)25/h4-14,17,24,29H,15-16,18H2,1-3H3,(H,30,31). The molecule has 176 valence electrons. The summed E-state index contributed by atoms with van der Waals surface area (Å²) in [5, 5.41) is 4.20. The molecule has 0 saturated heterocycles. The second kappa shape index (κ2) is 10.8. The molecule has 1 amide bonds. The molecule has 6 nitrogen and oxygen atoms in total. The van der Waals surface area contributed by atoms with Crippen molar-refractivity contribution in [3.63, 3.8) is 0 Å². The van der Waals surface area contributed by atoms with Crippen LogP contribution < -0.4 is 19.5 Å². The van der Waals surface area contributed by atoms with Crippen LogP contribution in [0.15, 0.2) is 72.9 Å². The molecule has 4 aromatic rings. The molecule has 0 fully saturated rings. The van der Waals surface area contributed by atoms with Crippen molar-refractivity contribution < 1.29 is 19.0 Å². The quantitative estimate of drug-likeness (QED) is 0.342. The number of fused-ring (bicyclic) bond motifs is 1. The minimum absolute atomic E-state index is 0.0705. The third-order valence-electron chi connectivity index (χ3n) is 5.93. The Morgan fingerprint density at radius 2 is 1.74 bits per heavy atom. The van der Waals surface area contributed by atoms with Crippen molar-refractivity contribution in [2.24, 2.45) is 0 Å². The van der Waals surface area contributed by atoms with Crippen LogP contribution in [0.1, 0.15) is 29.0 Å². The number of ether oxygens (including phenoxy) is 3. The predicted molar refractivity (Wildman–Crippen MR) is 134 cm³/mol. The van der Waals surface area contributed by atoms with E-state index in [4.69, 9.17) is 14.2 Å². The Labute approximate surface area is 199 Å². The molecular weight excluding hydrogens is 428 g/mol. The van der Waals surface area contributed by atoms with Gasteiger partial charge in [-0.2, -0.15) is 0 Å². The molecule has 34 heavy (non-hydrogen) atoms. The van der Waals surface area contributed by atoms with Gasteiger partial charge >= 0.3 is 0 Å². The van der Waals surface area contributed by atoms with Crippen molar-refractivity contribution >= 4 is 16.8 Å². The number of benzene rings is 3. The summed E-state index contributed by atoms with van der Waals surface area (Å²) in [6.07, 6.45) is 2.27. The number of H-pyrrole nitrogens is 1. The van der Waals surface area contributed by atoms with Crippen LogP contribution in [0.5, 0.6) is 17.2 Å². The first-order valence-corrected chi connectivity index (χ1v) is 11.3. The van der Waals surface area contributed by atoms with Gasteiger partial charge in [-0.15, -0.1) is 0 Å². The number of hydrogen-bond acceptors (Lipinski definition) is 4. The number of rotatable bonds is 10. The Bertz CT molecular complexity index is 1250. The minimum atomic E-state index is -0.136. The molecule has 6 heteroatoms. The second-order valence-corrected chi connectivity index (χ2v) is 8.14. The number of hydrogen-bond donors (Lipinski definition) is 2. The highest BCUT2D eigenvalue weighted by Crippen LogP contribution is 2.40. The Morgan fingerprint density at radius 1 is 0.941 bits per heavy atom. The third kappa shape index (κ3) is 5.17. The highest BCUT2D eigenvalue weighted by molar-refractivity contribution is 5.84. The largest absolute Gasteiger partial charge is 0.493 e. The molecule has 0 saturated carbocycles. The Kier molecular flexibility index (Phi) is 7.38. The van der Waals surface area contributed by atoms with E-state index < -0.39 is 0 Å². The SMILES string of the molecule is COc1cccc(C(CNC(=O)CCOc2ccc(C)cc2)c2c[nH]c3ccccc23)c1OC. The van der Waals surface area contributed by atoms with E-state index >= 15 is 0 Å². The van der Waals surface area contributed by atoms with Crippen LogP contribution in [-0.2, 0) is 4.79 Å². The smallest absolute Gasteiger partial charge is 0.223 e. The van der Waals surface area contributed by atoms with Crippen molar-refractivity contribution in [2.75, 3.05) is 27.4 Å². The number of amides is 1. The number of carbonyl (C=O) groups excluding carboxylic acids is 1. The summed E-state index contributed by atoms with van der Waals surface area (Å²) in [7, 11) is 3.26. The van der Waals surface area contributed by atoms with Gasteiger partial charge in [0, 0.05) is 35.1 Å². The van der Waals surface area contributed by atoms with Crippen molar-refractivity contribution in [3.05, 3.63) is 89.6 Å². The zero-order valence-corrected chi connectivity index (χ0v) is 19.8. The van der Waals surface area contributed by atoms with Crippen LogP contribution in [-0.4, -0.2) is 38.3 Å². The zero-order valence-electron chi connectivity index (χ0n) is 19.8. The number of methoxy groups -OCH3 is 2. The molecule has 1 heterocycles. The molecule has 0 aliphatic heterocycles. The number of aromatic nitrogens is 1. The Hall–Kier alpha value is -3.93. The van der Waals surface area contributed by atoms with Gasteiger partial charge in [0.05, 0.1) is 27.2 Å². The molecule has 0 aliphatic rings. The molecule has 1 atom stereocenters. The highest BCUT2D eigenvalue weighted by atomic mass is 16.5. The molecule has 0 spiro atoms. The lowest BCUT2D eigenvalue weighted by Gasteiger charge is -2.22. The monoisotopic (exact) mass is 458 g/mol. The average molecular weight is 459 g/mol. The van der Waals surface area contributed by atoms with E-state index in [0.717, 1.165) is 27.8 Å². The lowest BCUT2D eigenvalue weighted by Crippen LogP contribution is -2.30. The van der Waals surface area contributed by atoms with Crippen LogP contribution in [0, 0.1) is 6.92 Å². The second-order valence-electron chi connectivity index (χ2n) is 8.14. The first-order chi connectivity index (χ1) is 16.6. The normalized spacial score (nSPS) is 11.7. The van der Waals surface area contributed by atoms with Crippen molar-refractivity contribution in [1.82, 2.24) is 10.3 Å². The van der Waals surface area contributed by atoms with E-state index in [1.165, 1.54) is 5.56 Å². The third-order valence-corrected chi connectivity index (χ3v) is 5.93. The first kappa shape index (κ1) is 23.2. The van der Waals surface area contributed by atoms with Gasteiger partial charge in [-0.1, -0.05) is 48.0 Å². The van der Waals surface area contributed by atoms with Gasteiger partial charge in [-0.3, -0.25) is 4.79 Å². The number of nitrogens with one attached hydrogen (secondary N) is 2. The fraction of sp³-hybridized carbons (Fsp3) is 0.250. The van der Waals surface area contributed by atoms with E-state index in [2.05, 4.69) is 16.4 Å². The molecule has 0 radical (unpaired) electrons. The highest BCUT2D eigenvalue weighted by Gasteiger charge is 2.24. The summed E-state index contributed by atoms with van der Waals surface area (Å²) >= 11 is 0. The maximum atomic E-state index is 12.7. The summed E-state index contributed by atoms with van der Waals surface area (Å²) in [6.45, 7) is 2.75. The number of para-hydroxylation sites is 2. The zero-order chi connectivity index (χ0) is 23.9. The van der Waals surface area contributed by atoms with Crippen LogP contribution in [0.3, 0.4) is 0 Å². The predicted octanol–water partition coefficient (Wildman–Crippen LogP) is 5.21. The molecule has 4 rings (SSSR count). The summed E-state index contributed by atoms with van der Waals surface area (Å²) < 4.78 is 17.0. The van der Waals surface area contributed by atoms with Gasteiger partial charge in [-0.25, -0.2) is 0 Å². The molecule has 1 aromatic heterocycles. The fourth-order valence-electron chi connectivity index (χ4n) is 4.16. The fourth-order valence-corrected chi connectivity index (χ4v) is 4.16. The Morgan fingerprint density at radius 3 is 2.50 bits per heavy atom. The van der Waals surface area contributed by atoms with Crippen molar-refractivity contribution in [3.8, 4) is 17.2 Å². The van der Waals surface area contributed by atoms with Crippen LogP contribution in [0.4, 0.5) is 0 Å². The maximum absolute atomic E-state index is 12.7. The minimum Gasteiger partial charge on any atom is -0.493 e. The number of aromatic amines is 1.